The highest BCUT2D eigenvalue weighted by Crippen LogP contribution is 2.38. The monoisotopic (exact) mass is 511 g/mol. The van der Waals surface area contributed by atoms with Gasteiger partial charge in [-0.25, -0.2) is 18.7 Å². The summed E-state index contributed by atoms with van der Waals surface area (Å²) in [5.74, 6) is -1.01. The molecule has 1 atom stereocenters. The summed E-state index contributed by atoms with van der Waals surface area (Å²) in [7, 11) is -2.66. The van der Waals surface area contributed by atoms with Gasteiger partial charge in [0.1, 0.15) is 18.8 Å². The predicted octanol–water partition coefficient (Wildman–Crippen LogP) is 6.22. The summed E-state index contributed by atoms with van der Waals surface area (Å²) in [6.07, 6.45) is 2.85. The van der Waals surface area contributed by atoms with Crippen molar-refractivity contribution in [3.05, 3.63) is 76.2 Å². The van der Waals surface area contributed by atoms with Crippen LogP contribution in [0.4, 0.5) is 14.5 Å². The number of aromatic nitrogens is 3. The molecule has 0 aliphatic carbocycles. The molecule has 0 saturated heterocycles. The van der Waals surface area contributed by atoms with Gasteiger partial charge < -0.3 is 9.88 Å². The number of fused-ring (bicyclic) bond motifs is 1. The fourth-order valence-electron chi connectivity index (χ4n) is 3.72. The number of anilines is 1. The molecule has 35 heavy (non-hydrogen) atoms. The SMILES string of the molecule is Cc1nc2cc(F)c(-c3cnc(P(C)(C)=O)nc3)cc2c(NC(C)c2cc(C#N)ccc2F)c1Cl. The number of nitrogens with one attached hydrogen (secondary N) is 1. The quantitative estimate of drug-likeness (QED) is 0.320. The van der Waals surface area contributed by atoms with E-state index in [2.05, 4.69) is 20.3 Å². The molecule has 1 unspecified atom stereocenters. The van der Waals surface area contributed by atoms with Crippen molar-refractivity contribution in [3.8, 4) is 17.2 Å². The lowest BCUT2D eigenvalue weighted by atomic mass is 10.0. The Morgan fingerprint density at radius 3 is 2.43 bits per heavy atom. The second-order valence-corrected chi connectivity index (χ2v) is 12.1. The number of halogens is 3. The summed E-state index contributed by atoms with van der Waals surface area (Å²) in [6, 6.07) is 8.43. The first-order valence-corrected chi connectivity index (χ1v) is 13.6. The van der Waals surface area contributed by atoms with Gasteiger partial charge in [0.2, 0.25) is 0 Å². The van der Waals surface area contributed by atoms with Crippen molar-refractivity contribution in [2.75, 3.05) is 18.6 Å². The van der Waals surface area contributed by atoms with E-state index in [-0.39, 0.29) is 16.7 Å². The van der Waals surface area contributed by atoms with Crippen LogP contribution in [0.3, 0.4) is 0 Å². The second-order valence-electron chi connectivity index (χ2n) is 8.57. The van der Waals surface area contributed by atoms with Crippen LogP contribution < -0.4 is 10.9 Å². The van der Waals surface area contributed by atoms with Crippen LogP contribution >= 0.6 is 18.7 Å². The van der Waals surface area contributed by atoms with Crippen molar-refractivity contribution in [1.82, 2.24) is 15.0 Å². The van der Waals surface area contributed by atoms with E-state index in [9.17, 15) is 14.2 Å². The fourth-order valence-corrected chi connectivity index (χ4v) is 4.59. The van der Waals surface area contributed by atoms with E-state index in [4.69, 9.17) is 11.6 Å². The van der Waals surface area contributed by atoms with Crippen molar-refractivity contribution in [3.63, 3.8) is 0 Å². The Hall–Kier alpha value is -3.40. The Balaban J connectivity index is 1.84. The molecule has 0 bridgehead atoms. The molecule has 4 rings (SSSR count). The molecule has 1 N–H and O–H groups in total. The van der Waals surface area contributed by atoms with Gasteiger partial charge in [-0.1, -0.05) is 11.6 Å². The fraction of sp³-hybridized carbons (Fsp3) is 0.200. The molecule has 6 nitrogen and oxygen atoms in total. The summed E-state index contributed by atoms with van der Waals surface area (Å²) in [5.41, 5.74) is 2.71. The maximum absolute atomic E-state index is 15.1. The van der Waals surface area contributed by atoms with E-state index >= 15 is 4.39 Å². The van der Waals surface area contributed by atoms with Crippen molar-refractivity contribution in [2.24, 2.45) is 0 Å². The first-order chi connectivity index (χ1) is 16.5. The molecule has 0 fully saturated rings. The van der Waals surface area contributed by atoms with Gasteiger partial charge in [-0.05, 0) is 51.4 Å². The Kier molecular flexibility index (Phi) is 6.59. The number of nitrogens with zero attached hydrogens (tertiary/aromatic N) is 4. The summed E-state index contributed by atoms with van der Waals surface area (Å²) in [6.45, 7) is 6.55. The molecule has 0 aliphatic heterocycles. The number of hydrogen-bond acceptors (Lipinski definition) is 6. The minimum absolute atomic E-state index is 0.209. The zero-order valence-electron chi connectivity index (χ0n) is 19.4. The highest BCUT2D eigenvalue weighted by Gasteiger charge is 2.20. The van der Waals surface area contributed by atoms with Crippen LogP contribution in [0.15, 0.2) is 42.7 Å². The second kappa shape index (κ2) is 9.33. The van der Waals surface area contributed by atoms with Gasteiger partial charge >= 0.3 is 0 Å². The van der Waals surface area contributed by atoms with E-state index in [1.54, 1.807) is 33.2 Å². The molecular weight excluding hydrogens is 491 g/mol. The van der Waals surface area contributed by atoms with Crippen LogP contribution in [0.2, 0.25) is 5.02 Å². The normalized spacial score (nSPS) is 12.4. The third-order valence-electron chi connectivity index (χ3n) is 5.56. The summed E-state index contributed by atoms with van der Waals surface area (Å²) in [5, 5.41) is 13.2. The van der Waals surface area contributed by atoms with Crippen molar-refractivity contribution in [2.45, 2.75) is 19.9 Å². The third-order valence-corrected chi connectivity index (χ3v) is 7.22. The molecule has 0 aliphatic rings. The van der Waals surface area contributed by atoms with Crippen LogP contribution in [0.25, 0.3) is 22.0 Å². The zero-order valence-corrected chi connectivity index (χ0v) is 21.0. The third kappa shape index (κ3) is 4.88. The van der Waals surface area contributed by atoms with E-state index in [0.717, 1.165) is 0 Å². The molecule has 0 saturated carbocycles. The smallest absolute Gasteiger partial charge is 0.188 e. The molecule has 0 spiro atoms. The largest absolute Gasteiger partial charge is 0.377 e. The molecule has 0 amide bonds. The lowest BCUT2D eigenvalue weighted by Crippen LogP contribution is -2.12. The number of benzene rings is 2. The first kappa shape index (κ1) is 24.7. The van der Waals surface area contributed by atoms with E-state index < -0.39 is 24.8 Å². The van der Waals surface area contributed by atoms with Gasteiger partial charge in [0.25, 0.3) is 0 Å². The lowest BCUT2D eigenvalue weighted by Gasteiger charge is -2.20. The molecule has 178 valence electrons. The minimum Gasteiger partial charge on any atom is -0.377 e. The van der Waals surface area contributed by atoms with Gasteiger partial charge in [-0.15, -0.1) is 0 Å². The van der Waals surface area contributed by atoms with Crippen molar-refractivity contribution in [1.29, 1.82) is 5.26 Å². The van der Waals surface area contributed by atoms with Crippen LogP contribution in [-0.2, 0) is 4.57 Å². The summed E-state index contributed by atoms with van der Waals surface area (Å²) >= 11 is 6.59. The van der Waals surface area contributed by atoms with Gasteiger partial charge in [0, 0.05) is 40.5 Å². The minimum atomic E-state index is -2.66. The van der Waals surface area contributed by atoms with E-state index in [1.165, 1.54) is 36.7 Å². The van der Waals surface area contributed by atoms with Crippen molar-refractivity contribution >= 4 is 40.9 Å². The van der Waals surface area contributed by atoms with Crippen LogP contribution in [0, 0.1) is 29.9 Å². The molecule has 10 heteroatoms. The number of nitriles is 1. The van der Waals surface area contributed by atoms with Crippen LogP contribution in [-0.4, -0.2) is 28.3 Å². The Bertz CT molecular complexity index is 1550. The van der Waals surface area contributed by atoms with Crippen LogP contribution in [0.5, 0.6) is 0 Å². The predicted molar refractivity (Wildman–Crippen MR) is 135 cm³/mol. The zero-order chi connectivity index (χ0) is 25.5. The molecule has 2 aromatic heterocycles. The number of rotatable bonds is 5. The molecule has 2 heterocycles. The average Bonchev–Trinajstić information content (AvgIpc) is 2.81. The molecule has 0 radical (unpaired) electrons. The lowest BCUT2D eigenvalue weighted by molar-refractivity contribution is 0.587. The average molecular weight is 512 g/mol. The Morgan fingerprint density at radius 2 is 1.80 bits per heavy atom. The van der Waals surface area contributed by atoms with Crippen LogP contribution in [0.1, 0.15) is 29.8 Å². The highest BCUT2D eigenvalue weighted by atomic mass is 35.5. The molecular formula is C25H21ClF2N5OP. The highest BCUT2D eigenvalue weighted by molar-refractivity contribution is 7.69. The standard InChI is InChI=1S/C25H21ClF2N5OP/c1-13(17-7-15(10-29)5-6-20(17)27)33-24-19-8-18(16-11-30-25(31-12-16)35(3,4)34)21(28)9-22(19)32-14(2)23(24)26/h5-9,11-13H,1-4H3,(H,32,33). The number of hydrogen-bond donors (Lipinski definition) is 1. The van der Waals surface area contributed by atoms with Gasteiger partial charge in [-0.3, -0.25) is 4.98 Å². The van der Waals surface area contributed by atoms with Gasteiger partial charge in [0.15, 0.2) is 5.57 Å². The maximum Gasteiger partial charge on any atom is 0.188 e. The maximum atomic E-state index is 15.1. The van der Waals surface area contributed by atoms with Gasteiger partial charge in [-0.2, -0.15) is 5.26 Å². The van der Waals surface area contributed by atoms with Crippen molar-refractivity contribution < 1.29 is 13.3 Å². The Labute approximate surface area is 206 Å². The van der Waals surface area contributed by atoms with Gasteiger partial charge in [0.05, 0.1) is 39.6 Å². The molecule has 2 aromatic carbocycles. The summed E-state index contributed by atoms with van der Waals surface area (Å²) < 4.78 is 41.8. The first-order valence-electron chi connectivity index (χ1n) is 10.6. The Morgan fingerprint density at radius 1 is 1.11 bits per heavy atom. The summed E-state index contributed by atoms with van der Waals surface area (Å²) in [4.78, 5) is 12.7. The number of aryl methyl sites for hydroxylation is 1. The number of pyridine rings is 1. The van der Waals surface area contributed by atoms with E-state index in [1.807, 2.05) is 6.07 Å². The molecule has 4 aromatic rings. The van der Waals surface area contributed by atoms with E-state index in [0.29, 0.717) is 38.4 Å². The topological polar surface area (TPSA) is 91.6 Å².